The van der Waals surface area contributed by atoms with Crippen molar-refractivity contribution in [3.05, 3.63) is 24.3 Å². The Bertz CT molecular complexity index is 409. The fourth-order valence-corrected chi connectivity index (χ4v) is 4.29. The zero-order valence-corrected chi connectivity index (χ0v) is 12.1. The molecule has 1 atom stereocenters. The molecule has 0 heterocycles. The molecule has 0 amide bonds. The van der Waals surface area contributed by atoms with Crippen LogP contribution in [0, 0.1) is 5.41 Å². The highest BCUT2D eigenvalue weighted by Crippen LogP contribution is 2.53. The van der Waals surface area contributed by atoms with E-state index in [1.165, 1.54) is 55.5 Å². The van der Waals surface area contributed by atoms with Gasteiger partial charge in [0.05, 0.1) is 0 Å². The Labute approximate surface area is 115 Å². The number of thioether (sulfide) groups is 1. The van der Waals surface area contributed by atoms with Crippen molar-refractivity contribution in [2.45, 2.75) is 55.9 Å². The number of hydrogen-bond donors (Lipinski definition) is 1. The van der Waals surface area contributed by atoms with Crippen LogP contribution in [-0.4, -0.2) is 12.3 Å². The summed E-state index contributed by atoms with van der Waals surface area (Å²) in [4.78, 5) is 1.38. The Kier molecular flexibility index (Phi) is 3.56. The van der Waals surface area contributed by atoms with Crippen LogP contribution in [-0.2, 0) is 0 Å². The maximum Gasteiger partial charge on any atom is 0.0480 e. The molecule has 2 heteroatoms. The van der Waals surface area contributed by atoms with Crippen LogP contribution in [0.15, 0.2) is 29.2 Å². The summed E-state index contributed by atoms with van der Waals surface area (Å²) in [6, 6.07) is 9.47. The van der Waals surface area contributed by atoms with Gasteiger partial charge in [-0.15, -0.1) is 11.8 Å². The van der Waals surface area contributed by atoms with Gasteiger partial charge in [-0.05, 0) is 49.5 Å². The van der Waals surface area contributed by atoms with Crippen molar-refractivity contribution >= 4 is 17.4 Å². The molecule has 1 nitrogen and oxygen atoms in total. The highest BCUT2D eigenvalue weighted by Gasteiger charge is 2.46. The lowest BCUT2D eigenvalue weighted by molar-refractivity contribution is 0.0570. The molecule has 2 saturated carbocycles. The summed E-state index contributed by atoms with van der Waals surface area (Å²) < 4.78 is 0. The van der Waals surface area contributed by atoms with Crippen LogP contribution >= 0.6 is 11.8 Å². The van der Waals surface area contributed by atoms with Gasteiger partial charge >= 0.3 is 0 Å². The van der Waals surface area contributed by atoms with Gasteiger partial charge in [0.15, 0.2) is 0 Å². The van der Waals surface area contributed by atoms with E-state index in [1.807, 2.05) is 11.8 Å². The average molecular weight is 261 g/mol. The minimum Gasteiger partial charge on any atom is -0.381 e. The summed E-state index contributed by atoms with van der Waals surface area (Å²) in [6.45, 7) is 0. The van der Waals surface area contributed by atoms with Crippen molar-refractivity contribution in [3.63, 3.8) is 0 Å². The van der Waals surface area contributed by atoms with Crippen molar-refractivity contribution in [2.75, 3.05) is 11.6 Å². The summed E-state index contributed by atoms with van der Waals surface area (Å²) in [5.41, 5.74) is 1.99. The smallest absolute Gasteiger partial charge is 0.0480 e. The van der Waals surface area contributed by atoms with E-state index in [0.29, 0.717) is 5.41 Å². The molecule has 0 bridgehead atoms. The molecule has 0 saturated heterocycles. The largest absolute Gasteiger partial charge is 0.381 e. The van der Waals surface area contributed by atoms with E-state index >= 15 is 0 Å². The predicted octanol–water partition coefficient (Wildman–Crippen LogP) is 4.93. The van der Waals surface area contributed by atoms with Gasteiger partial charge in [0.2, 0.25) is 0 Å². The third kappa shape index (κ3) is 2.16. The maximum atomic E-state index is 3.84. The van der Waals surface area contributed by atoms with Crippen LogP contribution in [0.2, 0.25) is 0 Å². The van der Waals surface area contributed by atoms with Crippen LogP contribution in [0.3, 0.4) is 0 Å². The molecule has 0 aliphatic heterocycles. The normalized spacial score (nSPS) is 25.7. The molecule has 2 fully saturated rings. The average Bonchev–Trinajstić information content (AvgIpc) is 2.45. The molecule has 0 aromatic heterocycles. The predicted molar refractivity (Wildman–Crippen MR) is 80.4 cm³/mol. The fraction of sp³-hybridized carbons (Fsp3) is 0.625. The molecule has 1 aromatic rings. The standard InChI is InChI=1S/C16H23NS/c1-18-14-8-4-3-7-13(14)17-15-9-12-16(15)10-5-2-6-11-16/h3-4,7-8,15,17H,2,5-6,9-12H2,1H3. The lowest BCUT2D eigenvalue weighted by Gasteiger charge is -2.53. The Morgan fingerprint density at radius 3 is 2.56 bits per heavy atom. The zero-order valence-electron chi connectivity index (χ0n) is 11.2. The van der Waals surface area contributed by atoms with Gasteiger partial charge in [0.25, 0.3) is 0 Å². The van der Waals surface area contributed by atoms with E-state index in [2.05, 4.69) is 35.8 Å². The van der Waals surface area contributed by atoms with Crippen molar-refractivity contribution in [2.24, 2.45) is 5.41 Å². The van der Waals surface area contributed by atoms with Gasteiger partial charge in [0, 0.05) is 16.6 Å². The van der Waals surface area contributed by atoms with E-state index in [1.54, 1.807) is 0 Å². The topological polar surface area (TPSA) is 12.0 Å². The van der Waals surface area contributed by atoms with Crippen LogP contribution in [0.4, 0.5) is 5.69 Å². The second kappa shape index (κ2) is 5.16. The summed E-state index contributed by atoms with van der Waals surface area (Å²) in [5.74, 6) is 0. The highest BCUT2D eigenvalue weighted by atomic mass is 32.2. The second-order valence-electron chi connectivity index (χ2n) is 5.86. The number of nitrogens with one attached hydrogen (secondary N) is 1. The Balaban J connectivity index is 1.72. The number of benzene rings is 1. The summed E-state index contributed by atoms with van der Waals surface area (Å²) in [6.07, 6.45) is 12.2. The lowest BCUT2D eigenvalue weighted by Crippen LogP contribution is -2.50. The first-order valence-corrected chi connectivity index (χ1v) is 8.46. The van der Waals surface area contributed by atoms with Crippen LogP contribution < -0.4 is 5.32 Å². The molecule has 1 unspecified atom stereocenters. The van der Waals surface area contributed by atoms with Crippen molar-refractivity contribution in [1.29, 1.82) is 0 Å². The molecule has 18 heavy (non-hydrogen) atoms. The minimum absolute atomic E-state index is 0.643. The Morgan fingerprint density at radius 2 is 1.89 bits per heavy atom. The monoisotopic (exact) mass is 261 g/mol. The van der Waals surface area contributed by atoms with Crippen LogP contribution in [0.1, 0.15) is 44.9 Å². The van der Waals surface area contributed by atoms with E-state index in [0.717, 1.165) is 6.04 Å². The fourth-order valence-electron chi connectivity index (χ4n) is 3.73. The Hall–Kier alpha value is -0.630. The molecule has 98 valence electrons. The van der Waals surface area contributed by atoms with Gasteiger partial charge in [-0.25, -0.2) is 0 Å². The molecular weight excluding hydrogens is 238 g/mol. The van der Waals surface area contributed by atoms with Gasteiger partial charge in [0.1, 0.15) is 0 Å². The van der Waals surface area contributed by atoms with Crippen LogP contribution in [0.5, 0.6) is 0 Å². The SMILES string of the molecule is CSc1ccccc1NC1CCC12CCCCC2. The van der Waals surface area contributed by atoms with E-state index in [9.17, 15) is 0 Å². The van der Waals surface area contributed by atoms with Crippen LogP contribution in [0.25, 0.3) is 0 Å². The van der Waals surface area contributed by atoms with Gasteiger partial charge in [-0.2, -0.15) is 0 Å². The molecule has 1 aromatic carbocycles. The minimum atomic E-state index is 0.643. The van der Waals surface area contributed by atoms with Crippen molar-refractivity contribution in [1.82, 2.24) is 0 Å². The molecule has 1 spiro atoms. The highest BCUT2D eigenvalue weighted by molar-refractivity contribution is 7.98. The van der Waals surface area contributed by atoms with Gasteiger partial charge in [-0.1, -0.05) is 31.4 Å². The lowest BCUT2D eigenvalue weighted by atomic mass is 9.57. The Morgan fingerprint density at radius 1 is 1.11 bits per heavy atom. The molecule has 2 aliphatic rings. The molecule has 1 N–H and O–H groups in total. The van der Waals surface area contributed by atoms with Gasteiger partial charge in [-0.3, -0.25) is 0 Å². The first-order chi connectivity index (χ1) is 8.84. The number of anilines is 1. The zero-order chi connectivity index (χ0) is 12.4. The first kappa shape index (κ1) is 12.4. The number of hydrogen-bond acceptors (Lipinski definition) is 2. The summed E-state index contributed by atoms with van der Waals surface area (Å²) >= 11 is 1.84. The van der Waals surface area contributed by atoms with E-state index < -0.39 is 0 Å². The van der Waals surface area contributed by atoms with E-state index in [-0.39, 0.29) is 0 Å². The molecule has 2 aliphatic carbocycles. The number of rotatable bonds is 3. The van der Waals surface area contributed by atoms with Crippen molar-refractivity contribution in [3.8, 4) is 0 Å². The second-order valence-corrected chi connectivity index (χ2v) is 6.71. The van der Waals surface area contributed by atoms with Gasteiger partial charge < -0.3 is 5.32 Å². The number of para-hydroxylation sites is 1. The maximum absolute atomic E-state index is 3.84. The third-order valence-electron chi connectivity index (χ3n) is 4.96. The quantitative estimate of drug-likeness (QED) is 0.774. The molecule has 3 rings (SSSR count). The van der Waals surface area contributed by atoms with Crippen molar-refractivity contribution < 1.29 is 0 Å². The third-order valence-corrected chi connectivity index (χ3v) is 5.75. The van der Waals surface area contributed by atoms with E-state index in [4.69, 9.17) is 0 Å². The molecule has 0 radical (unpaired) electrons. The summed E-state index contributed by atoms with van der Waals surface area (Å²) in [5, 5.41) is 3.84. The molecular formula is C16H23NS. The summed E-state index contributed by atoms with van der Waals surface area (Å²) in [7, 11) is 0. The first-order valence-electron chi connectivity index (χ1n) is 7.24.